The average Bonchev–Trinajstić information content (AvgIpc) is 2.84. The minimum atomic E-state index is -1.07. The number of hydrogen-bond acceptors (Lipinski definition) is 3. The third-order valence-corrected chi connectivity index (χ3v) is 4.18. The molecule has 0 bridgehead atoms. The van der Waals surface area contributed by atoms with E-state index in [-0.39, 0.29) is 10.6 Å². The van der Waals surface area contributed by atoms with E-state index in [2.05, 4.69) is 10.6 Å². The van der Waals surface area contributed by atoms with Gasteiger partial charge in [-0.15, -0.1) is 11.3 Å². The van der Waals surface area contributed by atoms with E-state index in [1.165, 1.54) is 18.2 Å². The number of carboxylic acids is 1. The van der Waals surface area contributed by atoms with Gasteiger partial charge in [-0.2, -0.15) is 0 Å². The first kappa shape index (κ1) is 15.3. The molecule has 21 heavy (non-hydrogen) atoms. The van der Waals surface area contributed by atoms with Crippen LogP contribution in [0.15, 0.2) is 29.6 Å². The first-order valence-corrected chi connectivity index (χ1v) is 7.34. The van der Waals surface area contributed by atoms with Crippen LogP contribution in [0.5, 0.6) is 0 Å². The first-order valence-electron chi connectivity index (χ1n) is 6.08. The van der Waals surface area contributed by atoms with E-state index in [1.54, 1.807) is 11.3 Å². The van der Waals surface area contributed by atoms with E-state index in [9.17, 15) is 9.59 Å². The lowest BCUT2D eigenvalue weighted by Gasteiger charge is -2.09. The van der Waals surface area contributed by atoms with Gasteiger partial charge in [0, 0.05) is 4.88 Å². The van der Waals surface area contributed by atoms with E-state index in [0.29, 0.717) is 12.2 Å². The summed E-state index contributed by atoms with van der Waals surface area (Å²) < 4.78 is 0. The highest BCUT2D eigenvalue weighted by molar-refractivity contribution is 7.10. The molecule has 1 aromatic carbocycles. The number of carbonyl (C=O) groups is 2. The highest BCUT2D eigenvalue weighted by atomic mass is 35.5. The Balaban J connectivity index is 1.96. The Morgan fingerprint density at radius 1 is 1.33 bits per heavy atom. The molecule has 3 N–H and O–H groups in total. The number of benzene rings is 1. The Hall–Kier alpha value is -2.05. The van der Waals surface area contributed by atoms with Crippen molar-refractivity contribution in [2.75, 3.05) is 5.32 Å². The molecule has 0 radical (unpaired) electrons. The first-order chi connectivity index (χ1) is 9.97. The lowest BCUT2D eigenvalue weighted by atomic mass is 10.2. The molecular formula is C14H13ClN2O3S. The zero-order valence-corrected chi connectivity index (χ0v) is 12.7. The maximum Gasteiger partial charge on any atom is 0.335 e. The van der Waals surface area contributed by atoms with Gasteiger partial charge in [-0.1, -0.05) is 11.6 Å². The normalized spacial score (nSPS) is 10.2. The minimum absolute atomic E-state index is 0.0696. The van der Waals surface area contributed by atoms with E-state index in [0.717, 1.165) is 10.4 Å². The molecule has 0 unspecified atom stereocenters. The van der Waals surface area contributed by atoms with Gasteiger partial charge in [0.25, 0.3) is 0 Å². The lowest BCUT2D eigenvalue weighted by molar-refractivity contribution is 0.0697. The molecule has 2 amide bonds. The molecule has 1 heterocycles. The second kappa shape index (κ2) is 6.60. The van der Waals surface area contributed by atoms with Crippen LogP contribution in [0.4, 0.5) is 10.5 Å². The molecule has 5 nitrogen and oxygen atoms in total. The number of carbonyl (C=O) groups excluding carboxylic acids is 1. The largest absolute Gasteiger partial charge is 0.478 e. The summed E-state index contributed by atoms with van der Waals surface area (Å²) in [6, 6.07) is 5.73. The summed E-state index contributed by atoms with van der Waals surface area (Å²) in [6.07, 6.45) is 0. The van der Waals surface area contributed by atoms with Crippen molar-refractivity contribution in [2.45, 2.75) is 13.5 Å². The second-order valence-electron chi connectivity index (χ2n) is 4.33. The molecule has 0 atom stereocenters. The average molecular weight is 325 g/mol. The van der Waals surface area contributed by atoms with Crippen LogP contribution >= 0.6 is 22.9 Å². The molecule has 1 aromatic heterocycles. The fourth-order valence-electron chi connectivity index (χ4n) is 1.66. The molecule has 0 fully saturated rings. The molecule has 0 aliphatic carbocycles. The zero-order chi connectivity index (χ0) is 15.4. The second-order valence-corrected chi connectivity index (χ2v) is 5.74. The fourth-order valence-corrected chi connectivity index (χ4v) is 2.74. The van der Waals surface area contributed by atoms with Crippen LogP contribution in [-0.2, 0) is 6.54 Å². The van der Waals surface area contributed by atoms with Crippen LogP contribution < -0.4 is 10.6 Å². The molecule has 0 spiro atoms. The smallest absolute Gasteiger partial charge is 0.335 e. The Bertz CT molecular complexity index is 685. The number of carboxylic acid groups (broad SMARTS) is 1. The van der Waals surface area contributed by atoms with Crippen LogP contribution in [0.3, 0.4) is 0 Å². The lowest BCUT2D eigenvalue weighted by Crippen LogP contribution is -2.28. The van der Waals surface area contributed by atoms with Crippen molar-refractivity contribution in [2.24, 2.45) is 0 Å². The highest BCUT2D eigenvalue weighted by Gasteiger charge is 2.10. The molecule has 0 saturated heterocycles. The molecule has 2 aromatic rings. The van der Waals surface area contributed by atoms with Crippen molar-refractivity contribution in [1.29, 1.82) is 0 Å². The molecular weight excluding hydrogens is 312 g/mol. The van der Waals surface area contributed by atoms with E-state index in [1.807, 2.05) is 18.4 Å². The van der Waals surface area contributed by atoms with Crippen LogP contribution in [0.2, 0.25) is 5.02 Å². The summed E-state index contributed by atoms with van der Waals surface area (Å²) in [5, 5.41) is 16.3. The number of anilines is 1. The maximum atomic E-state index is 11.8. The van der Waals surface area contributed by atoms with E-state index < -0.39 is 12.0 Å². The SMILES string of the molecule is Cc1ccsc1CNC(=O)Nc1ccc(C(=O)O)cc1Cl. The topological polar surface area (TPSA) is 78.4 Å². The Kier molecular flexibility index (Phi) is 4.82. The van der Waals surface area contributed by atoms with Crippen LogP contribution in [0.1, 0.15) is 20.8 Å². The summed E-state index contributed by atoms with van der Waals surface area (Å²) in [7, 11) is 0. The van der Waals surface area contributed by atoms with Gasteiger partial charge in [0.05, 0.1) is 22.8 Å². The van der Waals surface area contributed by atoms with Gasteiger partial charge in [0.2, 0.25) is 0 Å². The Labute approximate surface area is 130 Å². The van der Waals surface area contributed by atoms with Crippen molar-refractivity contribution in [3.05, 3.63) is 50.7 Å². The molecule has 7 heteroatoms. The van der Waals surface area contributed by atoms with Gasteiger partial charge < -0.3 is 15.7 Å². The van der Waals surface area contributed by atoms with E-state index >= 15 is 0 Å². The molecule has 2 rings (SSSR count). The number of urea groups is 1. The third kappa shape index (κ3) is 3.96. The quantitative estimate of drug-likeness (QED) is 0.801. The number of hydrogen-bond donors (Lipinski definition) is 3. The van der Waals surface area contributed by atoms with Crippen molar-refractivity contribution < 1.29 is 14.7 Å². The predicted molar refractivity (Wildman–Crippen MR) is 83.3 cm³/mol. The van der Waals surface area contributed by atoms with Crippen LogP contribution in [0, 0.1) is 6.92 Å². The molecule has 0 saturated carbocycles. The summed E-state index contributed by atoms with van der Waals surface area (Å²) in [4.78, 5) is 23.7. The van der Waals surface area contributed by atoms with Gasteiger partial charge in [-0.05, 0) is 42.1 Å². The number of thiophene rings is 1. The number of halogens is 1. The number of rotatable bonds is 4. The minimum Gasteiger partial charge on any atom is -0.478 e. The Morgan fingerprint density at radius 3 is 2.67 bits per heavy atom. The standard InChI is InChI=1S/C14H13ClN2O3S/c1-8-4-5-21-12(8)7-16-14(20)17-11-3-2-9(13(18)19)6-10(11)15/h2-6H,7H2,1H3,(H,18,19)(H2,16,17,20). The summed E-state index contributed by atoms with van der Waals surface area (Å²) in [5.74, 6) is -1.07. The van der Waals surface area contributed by atoms with Gasteiger partial charge in [0.1, 0.15) is 0 Å². The molecule has 0 aliphatic rings. The monoisotopic (exact) mass is 324 g/mol. The number of amides is 2. The van der Waals surface area contributed by atoms with Crippen LogP contribution in [0.25, 0.3) is 0 Å². The van der Waals surface area contributed by atoms with E-state index in [4.69, 9.17) is 16.7 Å². The molecule has 110 valence electrons. The Morgan fingerprint density at radius 2 is 2.10 bits per heavy atom. The van der Waals surface area contributed by atoms with Crippen molar-refractivity contribution in [1.82, 2.24) is 5.32 Å². The highest BCUT2D eigenvalue weighted by Crippen LogP contribution is 2.23. The van der Waals surface area contributed by atoms with Crippen molar-refractivity contribution >= 4 is 40.6 Å². The van der Waals surface area contributed by atoms with Gasteiger partial charge in [0.15, 0.2) is 0 Å². The number of aryl methyl sites for hydroxylation is 1. The zero-order valence-electron chi connectivity index (χ0n) is 11.1. The van der Waals surface area contributed by atoms with Crippen molar-refractivity contribution in [3.8, 4) is 0 Å². The maximum absolute atomic E-state index is 11.8. The van der Waals surface area contributed by atoms with Crippen LogP contribution in [-0.4, -0.2) is 17.1 Å². The summed E-state index contributed by atoms with van der Waals surface area (Å²) in [5.41, 5.74) is 1.56. The van der Waals surface area contributed by atoms with Crippen molar-refractivity contribution in [3.63, 3.8) is 0 Å². The number of nitrogens with one attached hydrogen (secondary N) is 2. The summed E-state index contributed by atoms with van der Waals surface area (Å²) in [6.45, 7) is 2.41. The number of aromatic carboxylic acids is 1. The van der Waals surface area contributed by atoms with Gasteiger partial charge in [-0.3, -0.25) is 0 Å². The molecule has 0 aliphatic heterocycles. The predicted octanol–water partition coefficient (Wildman–Crippen LogP) is 3.73. The summed E-state index contributed by atoms with van der Waals surface area (Å²) >= 11 is 7.51. The third-order valence-electron chi connectivity index (χ3n) is 2.84. The fraction of sp³-hybridized carbons (Fsp3) is 0.143. The van der Waals surface area contributed by atoms with Gasteiger partial charge >= 0.3 is 12.0 Å². The van der Waals surface area contributed by atoms with Gasteiger partial charge in [-0.25, -0.2) is 9.59 Å².